The van der Waals surface area contributed by atoms with E-state index in [4.69, 9.17) is 10.5 Å². The lowest BCUT2D eigenvalue weighted by Crippen LogP contribution is -2.03. The Kier molecular flexibility index (Phi) is 3.42. The molecule has 1 aromatic carbocycles. The second kappa shape index (κ2) is 5.54. The zero-order valence-corrected chi connectivity index (χ0v) is 11.4. The van der Waals surface area contributed by atoms with Crippen molar-refractivity contribution in [2.24, 2.45) is 0 Å². The topological polar surface area (TPSA) is 86.8 Å². The van der Waals surface area contributed by atoms with Gasteiger partial charge in [0.15, 0.2) is 5.75 Å². The van der Waals surface area contributed by atoms with Gasteiger partial charge in [0.1, 0.15) is 5.69 Å². The number of rotatable bonds is 3. The molecular formula is C15H13N5O. The average Bonchev–Trinajstić information content (AvgIpc) is 2.52. The highest BCUT2D eigenvalue weighted by Crippen LogP contribution is 2.30. The zero-order chi connectivity index (χ0) is 14.7. The number of aromatic nitrogens is 4. The number of nitrogen functional groups attached to an aromatic ring is 1. The monoisotopic (exact) mass is 279 g/mol. The molecule has 0 saturated carbocycles. The van der Waals surface area contributed by atoms with Crippen LogP contribution >= 0.6 is 0 Å². The lowest BCUT2D eigenvalue weighted by Gasteiger charge is -2.10. The van der Waals surface area contributed by atoms with Gasteiger partial charge < -0.3 is 10.5 Å². The molecule has 0 radical (unpaired) electrons. The van der Waals surface area contributed by atoms with Crippen LogP contribution < -0.4 is 10.5 Å². The van der Waals surface area contributed by atoms with E-state index in [0.29, 0.717) is 17.3 Å². The van der Waals surface area contributed by atoms with Crippen molar-refractivity contribution in [1.29, 1.82) is 0 Å². The largest absolute Gasteiger partial charge is 0.434 e. The minimum absolute atomic E-state index is 0.101. The van der Waals surface area contributed by atoms with Crippen molar-refractivity contribution in [2.45, 2.75) is 6.92 Å². The molecule has 0 unspecified atom stereocenters. The number of hydrogen-bond donors (Lipinski definition) is 1. The maximum atomic E-state index is 5.80. The molecule has 0 saturated heterocycles. The molecule has 3 aromatic rings. The van der Waals surface area contributed by atoms with Gasteiger partial charge in [0, 0.05) is 11.8 Å². The molecule has 0 atom stereocenters. The van der Waals surface area contributed by atoms with Crippen LogP contribution in [-0.4, -0.2) is 20.2 Å². The zero-order valence-electron chi connectivity index (χ0n) is 11.4. The first kappa shape index (κ1) is 13.0. The highest BCUT2D eigenvalue weighted by atomic mass is 16.5. The smallest absolute Gasteiger partial charge is 0.265 e. The van der Waals surface area contributed by atoms with E-state index in [2.05, 4.69) is 20.2 Å². The van der Waals surface area contributed by atoms with Gasteiger partial charge in [0.2, 0.25) is 5.95 Å². The number of pyridine rings is 1. The molecule has 3 rings (SSSR count). The normalized spacial score (nSPS) is 10.3. The van der Waals surface area contributed by atoms with Crippen LogP contribution in [-0.2, 0) is 0 Å². The fourth-order valence-corrected chi connectivity index (χ4v) is 1.86. The van der Waals surface area contributed by atoms with Crippen molar-refractivity contribution >= 4 is 5.95 Å². The van der Waals surface area contributed by atoms with Crippen LogP contribution in [0.15, 0.2) is 48.7 Å². The summed E-state index contributed by atoms with van der Waals surface area (Å²) in [5, 5.41) is 7.77. The van der Waals surface area contributed by atoms with Crippen LogP contribution in [0.3, 0.4) is 0 Å². The van der Waals surface area contributed by atoms with Gasteiger partial charge in [0.25, 0.3) is 5.88 Å². The van der Waals surface area contributed by atoms with Crippen molar-refractivity contribution in [2.75, 3.05) is 5.73 Å². The fraction of sp³-hybridized carbons (Fsp3) is 0.0667. The van der Waals surface area contributed by atoms with Gasteiger partial charge in [-0.1, -0.05) is 30.3 Å². The number of benzene rings is 1. The molecule has 0 spiro atoms. The first-order valence-electron chi connectivity index (χ1n) is 6.39. The Morgan fingerprint density at radius 1 is 1.00 bits per heavy atom. The molecular weight excluding hydrogens is 266 g/mol. The van der Waals surface area contributed by atoms with Crippen LogP contribution in [0.1, 0.15) is 5.69 Å². The summed E-state index contributed by atoms with van der Waals surface area (Å²) in [6.45, 7) is 1.86. The van der Waals surface area contributed by atoms with E-state index in [-0.39, 0.29) is 5.95 Å². The highest BCUT2D eigenvalue weighted by Gasteiger charge is 2.13. The Balaban J connectivity index is 2.05. The molecule has 21 heavy (non-hydrogen) atoms. The Bertz CT molecular complexity index is 761. The van der Waals surface area contributed by atoms with Gasteiger partial charge in [-0.25, -0.2) is 4.98 Å². The third kappa shape index (κ3) is 2.79. The third-order valence-electron chi connectivity index (χ3n) is 2.88. The number of hydrogen-bond acceptors (Lipinski definition) is 6. The molecule has 104 valence electrons. The summed E-state index contributed by atoms with van der Waals surface area (Å²) in [6.07, 6.45) is 1.70. The minimum Gasteiger partial charge on any atom is -0.434 e. The fourth-order valence-electron chi connectivity index (χ4n) is 1.86. The molecule has 6 heteroatoms. The number of ether oxygens (including phenoxy) is 1. The maximum Gasteiger partial charge on any atom is 0.265 e. The van der Waals surface area contributed by atoms with Crippen LogP contribution in [0.2, 0.25) is 0 Å². The average molecular weight is 279 g/mol. The summed E-state index contributed by atoms with van der Waals surface area (Å²) in [4.78, 5) is 8.40. The molecule has 0 aliphatic heterocycles. The van der Waals surface area contributed by atoms with E-state index in [9.17, 15) is 0 Å². The number of nitrogens with two attached hydrogens (primary N) is 1. The molecule has 0 bridgehead atoms. The summed E-state index contributed by atoms with van der Waals surface area (Å²) in [5.41, 5.74) is 7.80. The van der Waals surface area contributed by atoms with Gasteiger partial charge >= 0.3 is 0 Å². The Morgan fingerprint density at radius 3 is 2.57 bits per heavy atom. The second-order valence-corrected chi connectivity index (χ2v) is 4.38. The highest BCUT2D eigenvalue weighted by molar-refractivity contribution is 5.65. The maximum absolute atomic E-state index is 5.80. The summed E-state index contributed by atoms with van der Waals surface area (Å²) in [6, 6.07) is 13.2. The van der Waals surface area contributed by atoms with E-state index >= 15 is 0 Å². The summed E-state index contributed by atoms with van der Waals surface area (Å²) >= 11 is 0. The Morgan fingerprint density at radius 2 is 1.81 bits per heavy atom. The van der Waals surface area contributed by atoms with Gasteiger partial charge in [-0.2, -0.15) is 0 Å². The first-order valence-corrected chi connectivity index (χ1v) is 6.39. The number of aryl methyl sites for hydroxylation is 1. The van der Waals surface area contributed by atoms with Crippen LogP contribution in [0.25, 0.3) is 11.3 Å². The van der Waals surface area contributed by atoms with Crippen molar-refractivity contribution in [1.82, 2.24) is 20.2 Å². The molecule has 0 aliphatic carbocycles. The molecule has 2 N–H and O–H groups in total. The van der Waals surface area contributed by atoms with E-state index in [1.54, 1.807) is 12.3 Å². The molecule has 2 heterocycles. The Labute approximate surface area is 121 Å². The van der Waals surface area contributed by atoms with Crippen molar-refractivity contribution in [3.63, 3.8) is 0 Å². The molecule has 0 fully saturated rings. The molecule has 6 nitrogen and oxygen atoms in total. The summed E-state index contributed by atoms with van der Waals surface area (Å²) < 4.78 is 5.80. The molecule has 2 aromatic heterocycles. The van der Waals surface area contributed by atoms with Crippen molar-refractivity contribution in [3.8, 4) is 22.9 Å². The van der Waals surface area contributed by atoms with E-state index < -0.39 is 0 Å². The number of anilines is 1. The predicted molar refractivity (Wildman–Crippen MR) is 78.7 cm³/mol. The summed E-state index contributed by atoms with van der Waals surface area (Å²) in [5.74, 6) is 1.01. The van der Waals surface area contributed by atoms with Gasteiger partial charge in [-0.05, 0) is 19.1 Å². The standard InChI is InChI=1S/C15H13N5O/c1-10-12(8-5-9-17-10)21-14-13(18-15(16)20-19-14)11-6-3-2-4-7-11/h2-9H,1H3,(H2,16,18,20). The second-order valence-electron chi connectivity index (χ2n) is 4.38. The summed E-state index contributed by atoms with van der Waals surface area (Å²) in [7, 11) is 0. The molecule has 0 aliphatic rings. The molecule has 0 amide bonds. The Hall–Kier alpha value is -3.02. The van der Waals surface area contributed by atoms with Crippen molar-refractivity contribution in [3.05, 3.63) is 54.4 Å². The van der Waals surface area contributed by atoms with E-state index in [1.807, 2.05) is 43.3 Å². The van der Waals surface area contributed by atoms with Crippen LogP contribution in [0.4, 0.5) is 5.95 Å². The number of nitrogens with zero attached hydrogens (tertiary/aromatic N) is 4. The van der Waals surface area contributed by atoms with E-state index in [1.165, 1.54) is 0 Å². The SMILES string of the molecule is Cc1ncccc1Oc1nnc(N)nc1-c1ccccc1. The van der Waals surface area contributed by atoms with E-state index in [0.717, 1.165) is 11.3 Å². The first-order chi connectivity index (χ1) is 10.2. The van der Waals surface area contributed by atoms with Gasteiger partial charge in [0.05, 0.1) is 5.69 Å². The predicted octanol–water partition coefficient (Wildman–Crippen LogP) is 2.62. The van der Waals surface area contributed by atoms with Crippen molar-refractivity contribution < 1.29 is 4.74 Å². The lowest BCUT2D eigenvalue weighted by molar-refractivity contribution is 0.449. The van der Waals surface area contributed by atoms with Gasteiger partial charge in [-0.3, -0.25) is 4.98 Å². The van der Waals surface area contributed by atoms with Crippen LogP contribution in [0, 0.1) is 6.92 Å². The third-order valence-corrected chi connectivity index (χ3v) is 2.88. The quantitative estimate of drug-likeness (QED) is 0.793. The van der Waals surface area contributed by atoms with Gasteiger partial charge in [-0.15, -0.1) is 10.2 Å². The van der Waals surface area contributed by atoms with Crippen LogP contribution in [0.5, 0.6) is 11.6 Å². The lowest BCUT2D eigenvalue weighted by atomic mass is 10.1. The minimum atomic E-state index is 0.101.